The van der Waals surface area contributed by atoms with Gasteiger partial charge in [-0.05, 0) is 25.1 Å². The number of fused-ring (bicyclic) bond motifs is 7. The first-order chi connectivity index (χ1) is 11.6. The molecule has 3 heterocycles. The average Bonchev–Trinajstić information content (AvgIpc) is 2.96. The molecule has 24 heavy (non-hydrogen) atoms. The van der Waals surface area contributed by atoms with E-state index in [0.29, 0.717) is 27.3 Å². The molecule has 0 aliphatic heterocycles. The summed E-state index contributed by atoms with van der Waals surface area (Å²) in [7, 11) is 0. The van der Waals surface area contributed by atoms with E-state index >= 15 is 0 Å². The zero-order valence-electron chi connectivity index (χ0n) is 12.6. The van der Waals surface area contributed by atoms with E-state index in [9.17, 15) is 9.59 Å². The molecule has 0 saturated heterocycles. The largest absolute Gasteiger partial charge is 0.448 e. The molecule has 3 aromatic heterocycles. The first kappa shape index (κ1) is 13.1. The lowest BCUT2D eigenvalue weighted by molar-refractivity contribution is 0.534. The van der Waals surface area contributed by atoms with Gasteiger partial charge >= 0.3 is 11.3 Å². The van der Waals surface area contributed by atoms with Crippen molar-refractivity contribution in [3.8, 4) is 0 Å². The molecule has 0 bridgehead atoms. The lowest BCUT2D eigenvalue weighted by atomic mass is 10.1. The van der Waals surface area contributed by atoms with Crippen LogP contribution in [0.25, 0.3) is 43.9 Å². The zero-order valence-corrected chi connectivity index (χ0v) is 12.6. The molecule has 0 N–H and O–H groups in total. The number of hydrogen-bond acceptors (Lipinski definition) is 5. The maximum atomic E-state index is 12.6. The van der Waals surface area contributed by atoms with Gasteiger partial charge in [0.25, 0.3) is 0 Å². The Morgan fingerprint density at radius 2 is 1.50 bits per heavy atom. The number of benzene rings is 2. The van der Waals surface area contributed by atoms with Crippen molar-refractivity contribution in [2.45, 2.75) is 6.92 Å². The first-order valence-electron chi connectivity index (χ1n) is 7.45. The molecule has 0 spiro atoms. The Morgan fingerprint density at radius 3 is 2.38 bits per heavy atom. The van der Waals surface area contributed by atoms with Gasteiger partial charge in [-0.2, -0.15) is 0 Å². The maximum Gasteiger partial charge on any atom is 0.380 e. The lowest BCUT2D eigenvalue weighted by Gasteiger charge is -2.03. The summed E-state index contributed by atoms with van der Waals surface area (Å²) in [6.07, 6.45) is 0. The van der Waals surface area contributed by atoms with E-state index in [0.717, 1.165) is 5.56 Å². The fourth-order valence-corrected chi connectivity index (χ4v) is 3.19. The summed E-state index contributed by atoms with van der Waals surface area (Å²) in [5.74, 6) is 0. The van der Waals surface area contributed by atoms with Crippen LogP contribution in [0.15, 0.2) is 65.3 Å². The number of rotatable bonds is 0. The van der Waals surface area contributed by atoms with Crippen molar-refractivity contribution in [2.24, 2.45) is 0 Å². The van der Waals surface area contributed by atoms with Crippen molar-refractivity contribution in [1.82, 2.24) is 0 Å². The van der Waals surface area contributed by atoms with Gasteiger partial charge in [-0.25, -0.2) is 9.59 Å². The third-order valence-corrected chi connectivity index (χ3v) is 4.24. The lowest BCUT2D eigenvalue weighted by Crippen LogP contribution is -2.06. The molecule has 0 amide bonds. The fourth-order valence-electron chi connectivity index (χ4n) is 3.19. The summed E-state index contributed by atoms with van der Waals surface area (Å²) >= 11 is 0. The number of para-hydroxylation sites is 1. The van der Waals surface area contributed by atoms with E-state index in [4.69, 9.17) is 13.3 Å². The smallest absolute Gasteiger partial charge is 0.380 e. The second-order valence-electron chi connectivity index (χ2n) is 5.79. The van der Waals surface area contributed by atoms with Crippen LogP contribution >= 0.6 is 0 Å². The predicted octanol–water partition coefficient (Wildman–Crippen LogP) is 4.11. The molecular weight excluding hydrogens is 308 g/mol. The van der Waals surface area contributed by atoms with Crippen LogP contribution in [0.4, 0.5) is 0 Å². The van der Waals surface area contributed by atoms with E-state index in [1.807, 2.05) is 25.1 Å². The van der Waals surface area contributed by atoms with Crippen molar-refractivity contribution in [1.29, 1.82) is 0 Å². The monoisotopic (exact) mass is 318 g/mol. The summed E-state index contributed by atoms with van der Waals surface area (Å²) < 4.78 is 16.5. The SMILES string of the molecule is Cc1ccc2oc(=O)c3c(oc(=O)c4oc5ccccc5c43)c2c1. The van der Waals surface area contributed by atoms with Crippen LogP contribution < -0.4 is 11.3 Å². The number of aryl methyl sites for hydroxylation is 1. The Bertz CT molecular complexity index is 1400. The van der Waals surface area contributed by atoms with Crippen molar-refractivity contribution >= 4 is 43.9 Å². The Hall–Kier alpha value is -3.34. The van der Waals surface area contributed by atoms with Crippen LogP contribution in [-0.2, 0) is 0 Å². The molecule has 2 aromatic carbocycles. The van der Waals surface area contributed by atoms with Gasteiger partial charge in [0.2, 0.25) is 5.58 Å². The normalized spacial score (nSPS) is 11.9. The third-order valence-electron chi connectivity index (χ3n) is 4.24. The highest BCUT2D eigenvalue weighted by Crippen LogP contribution is 2.33. The minimum absolute atomic E-state index is 0.0306. The zero-order chi connectivity index (χ0) is 16.4. The fraction of sp³-hybridized carbons (Fsp3) is 0.0526. The highest BCUT2D eigenvalue weighted by molar-refractivity contribution is 6.20. The van der Waals surface area contributed by atoms with Gasteiger partial charge in [0.05, 0.1) is 10.8 Å². The highest BCUT2D eigenvalue weighted by Gasteiger charge is 2.20. The van der Waals surface area contributed by atoms with Gasteiger partial charge in [0, 0.05) is 5.39 Å². The Kier molecular flexibility index (Phi) is 2.38. The van der Waals surface area contributed by atoms with Gasteiger partial charge in [-0.15, -0.1) is 0 Å². The summed E-state index contributed by atoms with van der Waals surface area (Å²) in [4.78, 5) is 25.0. The molecule has 5 nitrogen and oxygen atoms in total. The van der Waals surface area contributed by atoms with E-state index < -0.39 is 11.3 Å². The number of hydrogen-bond donors (Lipinski definition) is 0. The minimum Gasteiger partial charge on any atom is -0.448 e. The average molecular weight is 318 g/mol. The molecule has 0 aliphatic carbocycles. The Balaban J connectivity index is 2.21. The minimum atomic E-state index is -0.609. The van der Waals surface area contributed by atoms with Gasteiger partial charge in [-0.3, -0.25) is 0 Å². The van der Waals surface area contributed by atoms with Crippen LogP contribution in [-0.4, -0.2) is 0 Å². The maximum absolute atomic E-state index is 12.6. The first-order valence-corrected chi connectivity index (χ1v) is 7.45. The Labute approximate surface area is 133 Å². The summed E-state index contributed by atoms with van der Waals surface area (Å²) in [5.41, 5.74) is 0.975. The van der Waals surface area contributed by atoms with Crippen LogP contribution in [0, 0.1) is 6.92 Å². The van der Waals surface area contributed by atoms with Crippen LogP contribution in [0.3, 0.4) is 0 Å². The van der Waals surface area contributed by atoms with E-state index in [-0.39, 0.29) is 16.6 Å². The van der Waals surface area contributed by atoms with Crippen molar-refractivity contribution in [2.75, 3.05) is 0 Å². The highest BCUT2D eigenvalue weighted by atomic mass is 16.4. The molecule has 5 rings (SSSR count). The molecule has 5 aromatic rings. The quantitative estimate of drug-likeness (QED) is 0.317. The standard InChI is InChI=1S/C19H10O5/c1-9-6-7-13-11(8-9)16-15(18(20)23-13)14-10-4-2-3-5-12(10)22-17(14)19(21)24-16/h2-8H,1H3. The molecule has 0 fully saturated rings. The van der Waals surface area contributed by atoms with Crippen molar-refractivity contribution in [3.63, 3.8) is 0 Å². The molecule has 0 unspecified atom stereocenters. The molecule has 116 valence electrons. The summed E-state index contributed by atoms with van der Waals surface area (Å²) in [6, 6.07) is 12.5. The molecule has 0 saturated carbocycles. The molecule has 0 radical (unpaired) electrons. The van der Waals surface area contributed by atoms with Gasteiger partial charge in [-0.1, -0.05) is 29.8 Å². The predicted molar refractivity (Wildman–Crippen MR) is 90.5 cm³/mol. The van der Waals surface area contributed by atoms with Gasteiger partial charge in [0.15, 0.2) is 5.58 Å². The van der Waals surface area contributed by atoms with Gasteiger partial charge in [0.1, 0.15) is 16.6 Å². The van der Waals surface area contributed by atoms with Crippen LogP contribution in [0.1, 0.15) is 5.56 Å². The van der Waals surface area contributed by atoms with E-state index in [1.54, 1.807) is 24.3 Å². The molecular formula is C19H10O5. The summed E-state index contributed by atoms with van der Waals surface area (Å²) in [6.45, 7) is 1.92. The topological polar surface area (TPSA) is 73.6 Å². The molecule has 5 heteroatoms. The molecule has 0 atom stereocenters. The second-order valence-corrected chi connectivity index (χ2v) is 5.79. The van der Waals surface area contributed by atoms with Crippen LogP contribution in [0.5, 0.6) is 0 Å². The van der Waals surface area contributed by atoms with E-state index in [2.05, 4.69) is 0 Å². The van der Waals surface area contributed by atoms with E-state index in [1.165, 1.54) is 0 Å². The summed E-state index contributed by atoms with van der Waals surface area (Å²) in [5, 5.41) is 1.94. The number of furan rings is 1. The van der Waals surface area contributed by atoms with Crippen molar-refractivity contribution in [3.05, 3.63) is 68.9 Å². The third kappa shape index (κ3) is 1.58. The second kappa shape index (κ2) is 4.35. The van der Waals surface area contributed by atoms with Crippen molar-refractivity contribution < 1.29 is 13.3 Å². The van der Waals surface area contributed by atoms with Crippen LogP contribution in [0.2, 0.25) is 0 Å². The Morgan fingerprint density at radius 1 is 0.708 bits per heavy atom. The molecule has 0 aliphatic rings. The van der Waals surface area contributed by atoms with Gasteiger partial charge < -0.3 is 13.3 Å².